The molecule has 2 aliphatic rings. The van der Waals surface area contributed by atoms with Crippen molar-refractivity contribution in [2.75, 3.05) is 5.75 Å². The van der Waals surface area contributed by atoms with E-state index in [1.807, 2.05) is 24.3 Å². The number of fused-ring (bicyclic) bond motifs is 2. The molecule has 1 aromatic heterocycles. The van der Waals surface area contributed by atoms with Gasteiger partial charge in [0.15, 0.2) is 8.32 Å². The van der Waals surface area contributed by atoms with Gasteiger partial charge in [-0.05, 0) is 106 Å². The minimum absolute atomic E-state index is 0.0361. The van der Waals surface area contributed by atoms with Gasteiger partial charge in [0.25, 0.3) is 0 Å². The van der Waals surface area contributed by atoms with Crippen LogP contribution in [0.3, 0.4) is 0 Å². The molecule has 1 aromatic carbocycles. The highest BCUT2D eigenvalue weighted by atomic mass is 32.2. The molecule has 40 heavy (non-hydrogen) atoms. The first-order valence-electron chi connectivity index (χ1n) is 15.9. The van der Waals surface area contributed by atoms with Crippen molar-refractivity contribution >= 4 is 39.7 Å². The molecule has 0 radical (unpaired) electrons. The second-order valence-electron chi connectivity index (χ2n) is 13.6. The van der Waals surface area contributed by atoms with Crippen LogP contribution in [0.1, 0.15) is 99.8 Å². The Hall–Kier alpha value is -1.02. The molecule has 0 bridgehead atoms. The SMILES string of the molecule is CC[Si](CC)(CC)OC(C)(C)CCC[C@H](C)[C@H]1CC[C@H]2/C(=C/CS(=O)(=O)c3nc4ccccc4s3)CCC[C@]12C. The average molecular weight is 604 g/mol. The van der Waals surface area contributed by atoms with E-state index in [1.165, 1.54) is 73.6 Å². The predicted molar refractivity (Wildman–Crippen MR) is 173 cm³/mol. The zero-order valence-corrected chi connectivity index (χ0v) is 28.7. The summed E-state index contributed by atoms with van der Waals surface area (Å²) in [6, 6.07) is 11.3. The lowest BCUT2D eigenvalue weighted by Gasteiger charge is -2.44. The predicted octanol–water partition coefficient (Wildman–Crippen LogP) is 9.82. The molecule has 2 fully saturated rings. The lowest BCUT2D eigenvalue weighted by atomic mass is 9.61. The monoisotopic (exact) mass is 603 g/mol. The first kappa shape index (κ1) is 31.9. The second-order valence-corrected chi connectivity index (χ2v) is 21.5. The molecule has 2 aliphatic carbocycles. The fourth-order valence-corrected chi connectivity index (χ4v) is 13.9. The number of nitrogens with zero attached hydrogens (tertiary/aromatic N) is 1. The summed E-state index contributed by atoms with van der Waals surface area (Å²) in [5.41, 5.74) is 2.41. The van der Waals surface area contributed by atoms with E-state index >= 15 is 0 Å². The Labute approximate surface area is 249 Å². The van der Waals surface area contributed by atoms with Gasteiger partial charge in [-0.2, -0.15) is 0 Å². The van der Waals surface area contributed by atoms with E-state index in [4.69, 9.17) is 4.43 Å². The molecule has 7 heteroatoms. The summed E-state index contributed by atoms with van der Waals surface area (Å²) in [7, 11) is -5.03. The standard InChI is InChI=1S/C33H53NO3S2Si/c1-8-40(9-2,10-3)37-32(5,6)22-13-15-25(4)27-19-20-28-26(16-14-23-33(27,28)7)21-24-39(35,36)31-34-29-17-11-12-18-30(29)38-31/h11-12,17-18,21,25,27-28H,8-10,13-16,19-20,22-24H2,1-7H3/b26-21+/t25-,27+,28-,33+/m0/s1. The molecule has 4 nitrogen and oxygen atoms in total. The topological polar surface area (TPSA) is 56.3 Å². The molecule has 2 aromatic rings. The van der Waals surface area contributed by atoms with E-state index in [0.717, 1.165) is 23.1 Å². The summed E-state index contributed by atoms with van der Waals surface area (Å²) in [5, 5.41) is 0. The van der Waals surface area contributed by atoms with Gasteiger partial charge in [0.2, 0.25) is 14.2 Å². The number of sulfone groups is 1. The summed E-state index contributed by atoms with van der Waals surface area (Å²) in [4.78, 5) is 4.44. The van der Waals surface area contributed by atoms with Gasteiger partial charge < -0.3 is 4.43 Å². The summed E-state index contributed by atoms with van der Waals surface area (Å²) >= 11 is 1.29. The Morgan fingerprint density at radius 2 is 1.88 bits per heavy atom. The molecule has 0 saturated heterocycles. The van der Waals surface area contributed by atoms with Gasteiger partial charge in [0.1, 0.15) is 0 Å². The third kappa shape index (κ3) is 6.79. The Morgan fingerprint density at radius 1 is 1.18 bits per heavy atom. The van der Waals surface area contributed by atoms with Crippen LogP contribution in [0.5, 0.6) is 0 Å². The number of benzene rings is 1. The highest BCUT2D eigenvalue weighted by Crippen LogP contribution is 2.60. The average Bonchev–Trinajstić information content (AvgIpc) is 3.52. The smallest absolute Gasteiger partial charge is 0.210 e. The van der Waals surface area contributed by atoms with Crippen LogP contribution in [0.15, 0.2) is 40.3 Å². The van der Waals surface area contributed by atoms with Crippen LogP contribution in [-0.2, 0) is 14.3 Å². The van der Waals surface area contributed by atoms with Crippen LogP contribution < -0.4 is 0 Å². The molecule has 0 N–H and O–H groups in total. The summed E-state index contributed by atoms with van der Waals surface area (Å²) in [5.74, 6) is 1.98. The van der Waals surface area contributed by atoms with Gasteiger partial charge in [0, 0.05) is 0 Å². The molecule has 224 valence electrons. The van der Waals surface area contributed by atoms with Crippen LogP contribution in [0.2, 0.25) is 18.1 Å². The largest absolute Gasteiger partial charge is 0.412 e. The lowest BCUT2D eigenvalue weighted by molar-refractivity contribution is 0.0704. The van der Waals surface area contributed by atoms with Crippen molar-refractivity contribution in [2.45, 2.75) is 128 Å². The second kappa shape index (κ2) is 12.7. The van der Waals surface area contributed by atoms with Crippen molar-refractivity contribution < 1.29 is 12.8 Å². The van der Waals surface area contributed by atoms with Crippen molar-refractivity contribution in [2.24, 2.45) is 23.2 Å². The van der Waals surface area contributed by atoms with E-state index in [9.17, 15) is 8.42 Å². The number of rotatable bonds is 13. The highest BCUT2D eigenvalue weighted by molar-refractivity contribution is 7.93. The summed E-state index contributed by atoms with van der Waals surface area (Å²) in [6.45, 7) is 16.6. The van der Waals surface area contributed by atoms with Gasteiger partial charge in [-0.3, -0.25) is 0 Å². The van der Waals surface area contributed by atoms with E-state index in [1.54, 1.807) is 0 Å². The minimum atomic E-state index is -3.42. The molecular formula is C33H53NO3S2Si. The third-order valence-corrected chi connectivity index (χ3v) is 18.6. The Bertz CT molecular complexity index is 1240. The molecule has 0 unspecified atom stereocenters. The van der Waals surface area contributed by atoms with Crippen molar-refractivity contribution in [1.29, 1.82) is 0 Å². The van der Waals surface area contributed by atoms with Crippen LogP contribution in [0, 0.1) is 23.2 Å². The maximum Gasteiger partial charge on any atom is 0.210 e. The van der Waals surface area contributed by atoms with Crippen LogP contribution in [0.25, 0.3) is 10.2 Å². The van der Waals surface area contributed by atoms with E-state index < -0.39 is 18.2 Å². The zero-order valence-electron chi connectivity index (χ0n) is 26.1. The van der Waals surface area contributed by atoms with Gasteiger partial charge >= 0.3 is 0 Å². The quantitative estimate of drug-likeness (QED) is 0.169. The molecule has 4 rings (SSSR count). The molecule has 1 heterocycles. The Morgan fingerprint density at radius 3 is 2.55 bits per heavy atom. The maximum absolute atomic E-state index is 13.2. The van der Waals surface area contributed by atoms with Gasteiger partial charge in [0.05, 0.1) is 21.6 Å². The third-order valence-electron chi connectivity index (χ3n) is 10.7. The van der Waals surface area contributed by atoms with Crippen LogP contribution >= 0.6 is 11.3 Å². The number of aromatic nitrogens is 1. The molecule has 0 spiro atoms. The van der Waals surface area contributed by atoms with E-state index in [0.29, 0.717) is 17.8 Å². The first-order valence-corrected chi connectivity index (χ1v) is 20.9. The normalized spacial score (nSPS) is 25.9. The Kier molecular flexibility index (Phi) is 10.1. The maximum atomic E-state index is 13.2. The van der Waals surface area contributed by atoms with Gasteiger partial charge in [-0.1, -0.05) is 71.2 Å². The number of hydrogen-bond donors (Lipinski definition) is 0. The Balaban J connectivity index is 1.38. The first-order chi connectivity index (χ1) is 18.9. The van der Waals surface area contributed by atoms with Crippen molar-refractivity contribution in [1.82, 2.24) is 4.98 Å². The van der Waals surface area contributed by atoms with Crippen LogP contribution in [0.4, 0.5) is 0 Å². The van der Waals surface area contributed by atoms with E-state index in [2.05, 4.69) is 59.5 Å². The lowest BCUT2D eigenvalue weighted by Crippen LogP contribution is -2.44. The van der Waals surface area contributed by atoms with Crippen molar-refractivity contribution in [3.05, 3.63) is 35.9 Å². The number of hydrogen-bond acceptors (Lipinski definition) is 5. The van der Waals surface area contributed by atoms with Crippen molar-refractivity contribution in [3.63, 3.8) is 0 Å². The molecule has 0 aliphatic heterocycles. The van der Waals surface area contributed by atoms with E-state index in [-0.39, 0.29) is 21.1 Å². The summed E-state index contributed by atoms with van der Waals surface area (Å²) < 4.78 is 34.5. The van der Waals surface area contributed by atoms with Crippen LogP contribution in [-0.4, -0.2) is 33.1 Å². The van der Waals surface area contributed by atoms with Gasteiger partial charge in [-0.25, -0.2) is 13.4 Å². The zero-order chi connectivity index (χ0) is 29.2. The summed E-state index contributed by atoms with van der Waals surface area (Å²) in [6.07, 6.45) is 11.6. The number of thiazole rings is 1. The van der Waals surface area contributed by atoms with Gasteiger partial charge in [-0.15, -0.1) is 11.3 Å². The fraction of sp³-hybridized carbons (Fsp3) is 0.727. The number of para-hydroxylation sites is 1. The molecule has 2 saturated carbocycles. The number of allylic oxidation sites excluding steroid dienone is 1. The molecular weight excluding hydrogens is 551 g/mol. The van der Waals surface area contributed by atoms with Crippen molar-refractivity contribution in [3.8, 4) is 0 Å². The fourth-order valence-electron chi connectivity index (χ4n) is 8.19. The minimum Gasteiger partial charge on any atom is -0.412 e. The molecule has 0 amide bonds. The highest BCUT2D eigenvalue weighted by Gasteiger charge is 2.50. The molecule has 4 atom stereocenters.